The first-order valence-electron chi connectivity index (χ1n) is 2.53. The molecule has 3 heteroatoms. The molecule has 1 unspecified atom stereocenters. The molecule has 1 N–H and O–H groups in total. The average molecular weight is 131 g/mol. The SMILES string of the molecule is CC1(CO)CSC=N1. The van der Waals surface area contributed by atoms with Crippen LogP contribution >= 0.6 is 11.8 Å². The van der Waals surface area contributed by atoms with Crippen molar-refractivity contribution in [2.24, 2.45) is 4.99 Å². The standard InChI is InChI=1S/C5H9NOS/c1-5(2-7)3-8-4-6-5/h4,7H,2-3H2,1H3. The highest BCUT2D eigenvalue weighted by molar-refractivity contribution is 8.12. The van der Waals surface area contributed by atoms with Crippen LogP contribution in [0.4, 0.5) is 0 Å². The van der Waals surface area contributed by atoms with Crippen molar-refractivity contribution in [2.75, 3.05) is 12.4 Å². The second-order valence-corrected chi connectivity index (χ2v) is 3.03. The predicted octanol–water partition coefficient (Wildman–Crippen LogP) is 0.512. The van der Waals surface area contributed by atoms with E-state index in [0.717, 1.165) is 5.75 Å². The van der Waals surface area contributed by atoms with Crippen LogP contribution in [-0.2, 0) is 0 Å². The quantitative estimate of drug-likeness (QED) is 0.562. The van der Waals surface area contributed by atoms with Crippen LogP contribution in [0.1, 0.15) is 6.92 Å². The monoisotopic (exact) mass is 131 g/mol. The van der Waals surface area contributed by atoms with Gasteiger partial charge in [-0.3, -0.25) is 4.99 Å². The Kier molecular flexibility index (Phi) is 1.58. The fraction of sp³-hybridized carbons (Fsp3) is 0.800. The number of hydrogen-bond acceptors (Lipinski definition) is 3. The third-order valence-corrected chi connectivity index (χ3v) is 2.22. The van der Waals surface area contributed by atoms with Crippen LogP contribution in [0, 0.1) is 0 Å². The van der Waals surface area contributed by atoms with Gasteiger partial charge in [-0.05, 0) is 6.92 Å². The van der Waals surface area contributed by atoms with Gasteiger partial charge in [0.2, 0.25) is 0 Å². The first-order valence-corrected chi connectivity index (χ1v) is 3.58. The smallest absolute Gasteiger partial charge is 0.0909 e. The molecule has 0 aromatic heterocycles. The second kappa shape index (κ2) is 2.07. The lowest BCUT2D eigenvalue weighted by molar-refractivity contribution is 0.227. The summed E-state index contributed by atoms with van der Waals surface area (Å²) in [7, 11) is 0. The van der Waals surface area contributed by atoms with E-state index in [4.69, 9.17) is 5.11 Å². The molecule has 0 amide bonds. The molecule has 2 nitrogen and oxygen atoms in total. The van der Waals surface area contributed by atoms with Gasteiger partial charge in [0.05, 0.1) is 17.7 Å². The van der Waals surface area contributed by atoms with Gasteiger partial charge in [-0.15, -0.1) is 11.8 Å². The van der Waals surface area contributed by atoms with Gasteiger partial charge >= 0.3 is 0 Å². The zero-order valence-corrected chi connectivity index (χ0v) is 5.61. The fourth-order valence-corrected chi connectivity index (χ4v) is 1.43. The molecule has 0 saturated heterocycles. The number of rotatable bonds is 1. The highest BCUT2D eigenvalue weighted by Gasteiger charge is 2.24. The van der Waals surface area contributed by atoms with Gasteiger partial charge in [0, 0.05) is 5.75 Å². The van der Waals surface area contributed by atoms with Gasteiger partial charge < -0.3 is 5.11 Å². The zero-order valence-electron chi connectivity index (χ0n) is 4.79. The molecular weight excluding hydrogens is 122 g/mol. The van der Waals surface area contributed by atoms with Gasteiger partial charge in [-0.1, -0.05) is 0 Å². The van der Waals surface area contributed by atoms with Crippen LogP contribution in [0.3, 0.4) is 0 Å². The molecular formula is C5H9NOS. The Labute approximate surface area is 53.0 Å². The maximum atomic E-state index is 8.70. The van der Waals surface area contributed by atoms with Gasteiger partial charge in [0.15, 0.2) is 0 Å². The van der Waals surface area contributed by atoms with Gasteiger partial charge in [-0.25, -0.2) is 0 Å². The van der Waals surface area contributed by atoms with Gasteiger partial charge in [0.1, 0.15) is 0 Å². The Bertz CT molecular complexity index is 115. The highest BCUT2D eigenvalue weighted by atomic mass is 32.2. The molecule has 0 radical (unpaired) electrons. The molecule has 0 aromatic carbocycles. The van der Waals surface area contributed by atoms with E-state index >= 15 is 0 Å². The minimum Gasteiger partial charge on any atom is -0.394 e. The van der Waals surface area contributed by atoms with Gasteiger partial charge in [-0.2, -0.15) is 0 Å². The third kappa shape index (κ3) is 1.03. The van der Waals surface area contributed by atoms with Crippen LogP contribution < -0.4 is 0 Å². The molecule has 0 spiro atoms. The molecule has 1 aliphatic rings. The molecule has 0 fully saturated rings. The molecule has 0 aliphatic carbocycles. The lowest BCUT2D eigenvalue weighted by Gasteiger charge is -2.14. The van der Waals surface area contributed by atoms with E-state index < -0.39 is 0 Å². The summed E-state index contributed by atoms with van der Waals surface area (Å²) in [5.74, 6) is 0.920. The maximum absolute atomic E-state index is 8.70. The summed E-state index contributed by atoms with van der Waals surface area (Å²) in [5, 5.41) is 8.70. The lowest BCUT2D eigenvalue weighted by Crippen LogP contribution is -2.26. The summed E-state index contributed by atoms with van der Waals surface area (Å²) < 4.78 is 0. The topological polar surface area (TPSA) is 32.6 Å². The third-order valence-electron chi connectivity index (χ3n) is 1.17. The number of aliphatic imine (C=N–C) groups is 1. The Hall–Kier alpha value is -0.0200. The molecule has 8 heavy (non-hydrogen) atoms. The normalized spacial score (nSPS) is 36.2. The Morgan fingerprint density at radius 2 is 2.75 bits per heavy atom. The molecule has 0 aromatic rings. The van der Waals surface area contributed by atoms with E-state index in [-0.39, 0.29) is 12.1 Å². The summed E-state index contributed by atoms with van der Waals surface area (Å²) in [4.78, 5) is 4.07. The number of nitrogens with zero attached hydrogens (tertiary/aromatic N) is 1. The number of aliphatic hydroxyl groups is 1. The number of thioether (sulfide) groups is 1. The van der Waals surface area contributed by atoms with Crippen LogP contribution in [0.25, 0.3) is 0 Å². The van der Waals surface area contributed by atoms with Crippen LogP contribution in [0.15, 0.2) is 4.99 Å². The molecule has 1 aliphatic heterocycles. The fourth-order valence-electron chi connectivity index (χ4n) is 0.505. The highest BCUT2D eigenvalue weighted by Crippen LogP contribution is 2.21. The van der Waals surface area contributed by atoms with Crippen LogP contribution in [0.5, 0.6) is 0 Å². The molecule has 0 bridgehead atoms. The van der Waals surface area contributed by atoms with E-state index in [1.807, 2.05) is 6.92 Å². The predicted molar refractivity (Wildman–Crippen MR) is 36.4 cm³/mol. The average Bonchev–Trinajstić information content (AvgIpc) is 2.17. The largest absolute Gasteiger partial charge is 0.394 e. The second-order valence-electron chi connectivity index (χ2n) is 2.20. The summed E-state index contributed by atoms with van der Waals surface area (Å²) >= 11 is 1.65. The van der Waals surface area contributed by atoms with Crippen molar-refractivity contribution in [1.82, 2.24) is 0 Å². The van der Waals surface area contributed by atoms with Crippen molar-refractivity contribution >= 4 is 17.3 Å². The first-order chi connectivity index (χ1) is 3.77. The van der Waals surface area contributed by atoms with E-state index in [1.165, 1.54) is 0 Å². The van der Waals surface area contributed by atoms with Gasteiger partial charge in [0.25, 0.3) is 0 Å². The lowest BCUT2D eigenvalue weighted by atomic mass is 10.1. The van der Waals surface area contributed by atoms with E-state index in [9.17, 15) is 0 Å². The number of hydrogen-bond donors (Lipinski definition) is 1. The summed E-state index contributed by atoms with van der Waals surface area (Å²) in [5.41, 5.74) is 1.63. The Morgan fingerprint density at radius 1 is 2.00 bits per heavy atom. The summed E-state index contributed by atoms with van der Waals surface area (Å²) in [6.07, 6.45) is 0. The van der Waals surface area contributed by atoms with Crippen molar-refractivity contribution in [3.05, 3.63) is 0 Å². The van der Waals surface area contributed by atoms with Crippen LogP contribution in [-0.4, -0.2) is 28.6 Å². The number of aliphatic hydroxyl groups excluding tert-OH is 1. The Balaban J connectivity index is 2.54. The minimum atomic E-state index is -0.176. The van der Waals surface area contributed by atoms with E-state index in [2.05, 4.69) is 4.99 Å². The van der Waals surface area contributed by atoms with Crippen LogP contribution in [0.2, 0.25) is 0 Å². The first kappa shape index (κ1) is 6.11. The Morgan fingerprint density at radius 3 is 3.00 bits per heavy atom. The van der Waals surface area contributed by atoms with E-state index in [1.54, 1.807) is 17.3 Å². The van der Waals surface area contributed by atoms with Crippen molar-refractivity contribution < 1.29 is 5.11 Å². The van der Waals surface area contributed by atoms with Crippen molar-refractivity contribution in [2.45, 2.75) is 12.5 Å². The zero-order chi connectivity index (χ0) is 6.04. The van der Waals surface area contributed by atoms with Crippen molar-refractivity contribution in [3.8, 4) is 0 Å². The molecule has 0 saturated carbocycles. The maximum Gasteiger partial charge on any atom is 0.0909 e. The molecule has 1 heterocycles. The van der Waals surface area contributed by atoms with Crippen molar-refractivity contribution in [3.63, 3.8) is 0 Å². The van der Waals surface area contributed by atoms with E-state index in [0.29, 0.717) is 0 Å². The molecule has 46 valence electrons. The molecule has 1 atom stereocenters. The van der Waals surface area contributed by atoms with Crippen molar-refractivity contribution in [1.29, 1.82) is 0 Å². The summed E-state index contributed by atoms with van der Waals surface area (Å²) in [6, 6.07) is 0. The summed E-state index contributed by atoms with van der Waals surface area (Å²) in [6.45, 7) is 2.11. The minimum absolute atomic E-state index is 0.163. The molecule has 1 rings (SSSR count).